The molecule has 0 aromatic heterocycles. The van der Waals surface area contributed by atoms with Crippen LogP contribution in [0.3, 0.4) is 0 Å². The van der Waals surface area contributed by atoms with Crippen LogP contribution < -0.4 is 0 Å². The number of hydrogen-bond donors (Lipinski definition) is 0. The molecule has 68 valence electrons. The maximum absolute atomic E-state index is 12.6. The Labute approximate surface area is 74.2 Å². The Hall–Kier alpha value is -0.590. The van der Waals surface area contributed by atoms with Crippen LogP contribution in [0.4, 0.5) is 4.39 Å². The van der Waals surface area contributed by atoms with Gasteiger partial charge < -0.3 is 0 Å². The topological polar surface area (TPSA) is 0 Å². The van der Waals surface area contributed by atoms with Crippen molar-refractivity contribution in [3.05, 3.63) is 23.8 Å². The SMILES string of the molecule is CC(C)CCC1=CCC(F)C=C1. The van der Waals surface area contributed by atoms with Gasteiger partial charge in [-0.25, -0.2) is 4.39 Å². The van der Waals surface area contributed by atoms with Crippen LogP contribution in [0.5, 0.6) is 0 Å². The van der Waals surface area contributed by atoms with Crippen molar-refractivity contribution in [1.82, 2.24) is 0 Å². The predicted molar refractivity (Wildman–Crippen MR) is 50.8 cm³/mol. The van der Waals surface area contributed by atoms with E-state index in [1.807, 2.05) is 12.2 Å². The first-order chi connectivity index (χ1) is 5.68. The Morgan fingerprint density at radius 3 is 2.83 bits per heavy atom. The van der Waals surface area contributed by atoms with E-state index in [0.717, 1.165) is 12.3 Å². The summed E-state index contributed by atoms with van der Waals surface area (Å²) in [7, 11) is 0. The Morgan fingerprint density at radius 1 is 1.58 bits per heavy atom. The predicted octanol–water partition coefficient (Wildman–Crippen LogP) is 3.65. The van der Waals surface area contributed by atoms with E-state index in [-0.39, 0.29) is 0 Å². The van der Waals surface area contributed by atoms with Crippen LogP contribution in [0.15, 0.2) is 23.8 Å². The first-order valence-corrected chi connectivity index (χ1v) is 4.70. The summed E-state index contributed by atoms with van der Waals surface area (Å²) >= 11 is 0. The van der Waals surface area contributed by atoms with E-state index in [1.165, 1.54) is 12.0 Å². The lowest BCUT2D eigenvalue weighted by molar-refractivity contribution is 0.399. The summed E-state index contributed by atoms with van der Waals surface area (Å²) in [6.45, 7) is 4.43. The molecular weight excluding hydrogens is 151 g/mol. The van der Waals surface area contributed by atoms with E-state index in [0.29, 0.717) is 6.42 Å². The second kappa shape index (κ2) is 4.44. The van der Waals surface area contributed by atoms with Crippen molar-refractivity contribution in [1.29, 1.82) is 0 Å². The van der Waals surface area contributed by atoms with Gasteiger partial charge in [-0.3, -0.25) is 0 Å². The van der Waals surface area contributed by atoms with Crippen molar-refractivity contribution >= 4 is 0 Å². The van der Waals surface area contributed by atoms with Crippen LogP contribution in [0.1, 0.15) is 33.1 Å². The van der Waals surface area contributed by atoms with Crippen molar-refractivity contribution in [2.45, 2.75) is 39.3 Å². The Morgan fingerprint density at radius 2 is 2.33 bits per heavy atom. The lowest BCUT2D eigenvalue weighted by Crippen LogP contribution is -1.99. The monoisotopic (exact) mass is 168 g/mol. The molecule has 0 fully saturated rings. The molecule has 1 aliphatic rings. The molecule has 1 unspecified atom stereocenters. The highest BCUT2D eigenvalue weighted by molar-refractivity contribution is 5.24. The summed E-state index contributed by atoms with van der Waals surface area (Å²) in [5.41, 5.74) is 1.30. The first-order valence-electron chi connectivity index (χ1n) is 4.70. The normalized spacial score (nSPS) is 23.0. The van der Waals surface area contributed by atoms with Crippen molar-refractivity contribution in [2.24, 2.45) is 5.92 Å². The number of alkyl halides is 1. The zero-order chi connectivity index (χ0) is 8.97. The van der Waals surface area contributed by atoms with E-state index >= 15 is 0 Å². The fourth-order valence-electron chi connectivity index (χ4n) is 1.28. The summed E-state index contributed by atoms with van der Waals surface area (Å²) in [5, 5.41) is 0. The van der Waals surface area contributed by atoms with Crippen LogP contribution in [-0.4, -0.2) is 6.17 Å². The van der Waals surface area contributed by atoms with Crippen LogP contribution in [0, 0.1) is 5.92 Å². The second-order valence-corrected chi connectivity index (χ2v) is 3.82. The van der Waals surface area contributed by atoms with Gasteiger partial charge in [0, 0.05) is 6.42 Å². The Kier molecular flexibility index (Phi) is 3.51. The molecule has 0 nitrogen and oxygen atoms in total. The number of hydrogen-bond acceptors (Lipinski definition) is 0. The average molecular weight is 168 g/mol. The van der Waals surface area contributed by atoms with Crippen LogP contribution in [0.25, 0.3) is 0 Å². The molecule has 0 N–H and O–H groups in total. The zero-order valence-electron chi connectivity index (χ0n) is 7.89. The van der Waals surface area contributed by atoms with Gasteiger partial charge in [-0.2, -0.15) is 0 Å². The average Bonchev–Trinajstić information content (AvgIpc) is 2.03. The van der Waals surface area contributed by atoms with E-state index in [9.17, 15) is 4.39 Å². The maximum atomic E-state index is 12.6. The molecule has 0 aliphatic heterocycles. The zero-order valence-corrected chi connectivity index (χ0v) is 7.89. The minimum Gasteiger partial charge on any atom is -0.243 e. The van der Waals surface area contributed by atoms with Gasteiger partial charge in [0.25, 0.3) is 0 Å². The van der Waals surface area contributed by atoms with Gasteiger partial charge in [-0.15, -0.1) is 0 Å². The van der Waals surface area contributed by atoms with Crippen molar-refractivity contribution < 1.29 is 4.39 Å². The van der Waals surface area contributed by atoms with Crippen molar-refractivity contribution in [2.75, 3.05) is 0 Å². The van der Waals surface area contributed by atoms with Gasteiger partial charge in [0.05, 0.1) is 0 Å². The van der Waals surface area contributed by atoms with Gasteiger partial charge in [-0.1, -0.05) is 37.6 Å². The summed E-state index contributed by atoms with van der Waals surface area (Å²) in [6.07, 6.45) is 7.74. The van der Waals surface area contributed by atoms with Gasteiger partial charge >= 0.3 is 0 Å². The van der Waals surface area contributed by atoms with E-state index in [2.05, 4.69) is 13.8 Å². The van der Waals surface area contributed by atoms with Crippen molar-refractivity contribution in [3.63, 3.8) is 0 Å². The molecule has 0 radical (unpaired) electrons. The lowest BCUT2D eigenvalue weighted by Gasteiger charge is -2.10. The maximum Gasteiger partial charge on any atom is 0.122 e. The smallest absolute Gasteiger partial charge is 0.122 e. The Bertz CT molecular complexity index is 189. The third-order valence-corrected chi connectivity index (χ3v) is 2.13. The molecule has 1 heteroatoms. The quantitative estimate of drug-likeness (QED) is 0.603. The summed E-state index contributed by atoms with van der Waals surface area (Å²) in [6, 6.07) is 0. The third kappa shape index (κ3) is 3.21. The third-order valence-electron chi connectivity index (χ3n) is 2.13. The highest BCUT2D eigenvalue weighted by Gasteiger charge is 2.06. The van der Waals surface area contributed by atoms with Gasteiger partial charge in [0.15, 0.2) is 0 Å². The first kappa shape index (κ1) is 9.50. The number of halogens is 1. The molecular formula is C11H17F. The largest absolute Gasteiger partial charge is 0.243 e. The van der Waals surface area contributed by atoms with E-state index < -0.39 is 6.17 Å². The molecule has 1 aliphatic carbocycles. The number of rotatable bonds is 3. The molecule has 0 saturated carbocycles. The van der Waals surface area contributed by atoms with Crippen molar-refractivity contribution in [3.8, 4) is 0 Å². The second-order valence-electron chi connectivity index (χ2n) is 3.82. The number of allylic oxidation sites excluding steroid dienone is 4. The highest BCUT2D eigenvalue weighted by Crippen LogP contribution is 2.19. The van der Waals surface area contributed by atoms with E-state index in [1.54, 1.807) is 6.08 Å². The molecule has 0 saturated heterocycles. The summed E-state index contributed by atoms with van der Waals surface area (Å²) in [5.74, 6) is 0.738. The standard InChI is InChI=1S/C11H17F/c1-9(2)3-4-10-5-7-11(12)8-6-10/h5-7,9,11H,3-4,8H2,1-2H3. The molecule has 1 atom stereocenters. The summed E-state index contributed by atoms with van der Waals surface area (Å²) < 4.78 is 12.6. The fraction of sp³-hybridized carbons (Fsp3) is 0.636. The van der Waals surface area contributed by atoms with Crippen LogP contribution >= 0.6 is 0 Å². The van der Waals surface area contributed by atoms with Gasteiger partial charge in [0.1, 0.15) is 6.17 Å². The molecule has 0 spiro atoms. The molecule has 0 bridgehead atoms. The van der Waals surface area contributed by atoms with Gasteiger partial charge in [0.2, 0.25) is 0 Å². The fourth-order valence-corrected chi connectivity index (χ4v) is 1.28. The molecule has 0 aromatic carbocycles. The summed E-state index contributed by atoms with van der Waals surface area (Å²) in [4.78, 5) is 0. The molecule has 0 aromatic rings. The molecule has 0 heterocycles. The minimum absolute atomic E-state index is 0.573. The van der Waals surface area contributed by atoms with Gasteiger partial charge in [-0.05, 0) is 18.8 Å². The molecule has 12 heavy (non-hydrogen) atoms. The minimum atomic E-state index is -0.743. The van der Waals surface area contributed by atoms with Crippen LogP contribution in [0.2, 0.25) is 0 Å². The Balaban J connectivity index is 2.30. The van der Waals surface area contributed by atoms with Crippen LogP contribution in [-0.2, 0) is 0 Å². The molecule has 0 amide bonds. The van der Waals surface area contributed by atoms with E-state index in [4.69, 9.17) is 0 Å². The lowest BCUT2D eigenvalue weighted by atomic mass is 9.98. The molecule has 1 rings (SSSR count). The highest BCUT2D eigenvalue weighted by atomic mass is 19.1.